The van der Waals surface area contributed by atoms with E-state index in [0.29, 0.717) is 12.8 Å². The van der Waals surface area contributed by atoms with Gasteiger partial charge in [0.05, 0.1) is 17.0 Å². The molecule has 0 aliphatic carbocycles. The van der Waals surface area contributed by atoms with Gasteiger partial charge in [-0.15, -0.1) is 0 Å². The molecule has 3 rings (SSSR count). The monoisotopic (exact) mass is 496 g/mol. The minimum atomic E-state index is -3.81. The van der Waals surface area contributed by atoms with Crippen LogP contribution < -0.4 is 5.32 Å². The Kier molecular flexibility index (Phi) is 9.84. The average Bonchev–Trinajstić information content (AvgIpc) is 2.88. The Morgan fingerprint density at radius 2 is 1.46 bits per heavy atom. The Bertz CT molecular complexity index is 1140. The number of benzene rings is 3. The van der Waals surface area contributed by atoms with E-state index in [1.165, 1.54) is 16.4 Å². The summed E-state index contributed by atoms with van der Waals surface area (Å²) in [5.74, 6) is 0. The predicted molar refractivity (Wildman–Crippen MR) is 135 cm³/mol. The molecule has 7 nitrogen and oxygen atoms in total. The molecule has 35 heavy (non-hydrogen) atoms. The van der Waals surface area contributed by atoms with E-state index in [9.17, 15) is 18.3 Å². The maximum Gasteiger partial charge on any atom is 0.407 e. The van der Waals surface area contributed by atoms with Crippen LogP contribution in [0.1, 0.15) is 24.5 Å². The van der Waals surface area contributed by atoms with Crippen LogP contribution >= 0.6 is 0 Å². The van der Waals surface area contributed by atoms with E-state index in [1.807, 2.05) is 67.6 Å². The standard InChI is InChI=1S/C27H32N2O5S/c1-2-18-29(35(32,33)24-16-10-5-11-17-24)20-26(30)25(19-22-12-6-3-7-13-22)28-27(31)34-21-23-14-8-4-9-15-23/h3-17,25-26,30H,2,18-21H2,1H3,(H,28,31)/t25-,26+/m0/s1. The number of carbonyl (C=O) groups is 1. The number of aliphatic hydroxyl groups excluding tert-OH is 1. The summed E-state index contributed by atoms with van der Waals surface area (Å²) in [7, 11) is -3.81. The number of hydrogen-bond acceptors (Lipinski definition) is 5. The molecule has 0 radical (unpaired) electrons. The van der Waals surface area contributed by atoms with Crippen LogP contribution in [0.3, 0.4) is 0 Å². The molecule has 3 aromatic carbocycles. The average molecular weight is 497 g/mol. The Morgan fingerprint density at radius 1 is 0.914 bits per heavy atom. The third-order valence-electron chi connectivity index (χ3n) is 5.52. The molecule has 0 saturated carbocycles. The highest BCUT2D eigenvalue weighted by Gasteiger charge is 2.30. The van der Waals surface area contributed by atoms with Crippen molar-refractivity contribution in [2.45, 2.75) is 43.4 Å². The maximum absolute atomic E-state index is 13.2. The van der Waals surface area contributed by atoms with Crippen molar-refractivity contribution >= 4 is 16.1 Å². The Labute approximate surface area is 207 Å². The summed E-state index contributed by atoms with van der Waals surface area (Å²) in [6, 6.07) is 26.1. The number of alkyl carbamates (subject to hydrolysis) is 1. The van der Waals surface area contributed by atoms with E-state index in [2.05, 4.69) is 5.32 Å². The fourth-order valence-corrected chi connectivity index (χ4v) is 5.27. The first-order valence-electron chi connectivity index (χ1n) is 11.6. The Hall–Kier alpha value is -3.20. The summed E-state index contributed by atoms with van der Waals surface area (Å²) in [5.41, 5.74) is 1.73. The summed E-state index contributed by atoms with van der Waals surface area (Å²) < 4.78 is 33.1. The molecule has 2 N–H and O–H groups in total. The summed E-state index contributed by atoms with van der Waals surface area (Å²) >= 11 is 0. The highest BCUT2D eigenvalue weighted by Crippen LogP contribution is 2.18. The lowest BCUT2D eigenvalue weighted by Gasteiger charge is -2.29. The van der Waals surface area contributed by atoms with E-state index in [1.54, 1.807) is 18.2 Å². The molecule has 1 amide bonds. The van der Waals surface area contributed by atoms with E-state index in [-0.39, 0.29) is 24.6 Å². The van der Waals surface area contributed by atoms with Crippen LogP contribution in [0.25, 0.3) is 0 Å². The number of sulfonamides is 1. The third-order valence-corrected chi connectivity index (χ3v) is 7.40. The van der Waals surface area contributed by atoms with Gasteiger partial charge in [0.15, 0.2) is 0 Å². The largest absolute Gasteiger partial charge is 0.445 e. The van der Waals surface area contributed by atoms with Gasteiger partial charge in [0.2, 0.25) is 10.0 Å². The zero-order valence-corrected chi connectivity index (χ0v) is 20.6. The lowest BCUT2D eigenvalue weighted by Crippen LogP contribution is -2.50. The molecule has 0 aliphatic rings. The second-order valence-corrected chi connectivity index (χ2v) is 10.2. The minimum Gasteiger partial charge on any atom is -0.445 e. The number of rotatable bonds is 12. The van der Waals surface area contributed by atoms with Gasteiger partial charge in [-0.1, -0.05) is 85.8 Å². The molecule has 0 bridgehead atoms. The molecule has 0 fully saturated rings. The minimum absolute atomic E-state index is 0.0885. The fourth-order valence-electron chi connectivity index (χ4n) is 3.70. The van der Waals surface area contributed by atoms with E-state index in [0.717, 1.165) is 11.1 Å². The predicted octanol–water partition coefficient (Wildman–Crippen LogP) is 3.99. The first-order chi connectivity index (χ1) is 16.9. The highest BCUT2D eigenvalue weighted by atomic mass is 32.2. The second kappa shape index (κ2) is 13.0. The van der Waals surface area contributed by atoms with Crippen molar-refractivity contribution in [1.29, 1.82) is 0 Å². The molecule has 0 spiro atoms. The van der Waals surface area contributed by atoms with Gasteiger partial charge < -0.3 is 15.2 Å². The van der Waals surface area contributed by atoms with Crippen LogP contribution in [0.2, 0.25) is 0 Å². The number of hydrogen-bond donors (Lipinski definition) is 2. The van der Waals surface area contributed by atoms with Crippen LogP contribution in [0, 0.1) is 0 Å². The maximum atomic E-state index is 13.2. The molecule has 0 aliphatic heterocycles. The number of aliphatic hydroxyl groups is 1. The van der Waals surface area contributed by atoms with Crippen molar-refractivity contribution in [2.75, 3.05) is 13.1 Å². The second-order valence-electron chi connectivity index (χ2n) is 8.25. The third kappa shape index (κ3) is 7.92. The lowest BCUT2D eigenvalue weighted by atomic mass is 10.0. The zero-order chi connectivity index (χ0) is 25.1. The van der Waals surface area contributed by atoms with Gasteiger partial charge >= 0.3 is 6.09 Å². The normalized spacial score (nSPS) is 13.2. The SMILES string of the molecule is CCCN(C[C@@H](O)[C@H](Cc1ccccc1)NC(=O)OCc1ccccc1)S(=O)(=O)c1ccccc1. The van der Waals surface area contributed by atoms with E-state index < -0.39 is 28.3 Å². The zero-order valence-electron chi connectivity index (χ0n) is 19.8. The van der Waals surface area contributed by atoms with Crippen LogP contribution in [0.5, 0.6) is 0 Å². The molecule has 186 valence electrons. The molecular formula is C27H32N2O5S. The quantitative estimate of drug-likeness (QED) is 0.395. The molecule has 0 unspecified atom stereocenters. The molecule has 8 heteroatoms. The molecular weight excluding hydrogens is 464 g/mol. The van der Waals surface area contributed by atoms with Gasteiger partial charge in [-0.3, -0.25) is 0 Å². The Balaban J connectivity index is 1.75. The van der Waals surface area contributed by atoms with Gasteiger partial charge in [0.25, 0.3) is 0 Å². The first-order valence-corrected chi connectivity index (χ1v) is 13.1. The molecule has 3 aromatic rings. The van der Waals surface area contributed by atoms with Crippen LogP contribution in [-0.4, -0.2) is 49.2 Å². The molecule has 0 heterocycles. The summed E-state index contributed by atoms with van der Waals surface area (Å²) in [6.07, 6.45) is -0.950. The highest BCUT2D eigenvalue weighted by molar-refractivity contribution is 7.89. The van der Waals surface area contributed by atoms with Crippen LogP contribution in [0.4, 0.5) is 4.79 Å². The van der Waals surface area contributed by atoms with Crippen molar-refractivity contribution in [3.63, 3.8) is 0 Å². The van der Waals surface area contributed by atoms with Gasteiger partial charge in [-0.05, 0) is 36.1 Å². The topological polar surface area (TPSA) is 95.9 Å². The van der Waals surface area contributed by atoms with E-state index in [4.69, 9.17) is 4.74 Å². The van der Waals surface area contributed by atoms with Gasteiger partial charge in [-0.2, -0.15) is 4.31 Å². The van der Waals surface area contributed by atoms with Crippen LogP contribution in [-0.2, 0) is 27.8 Å². The van der Waals surface area contributed by atoms with Gasteiger partial charge in [0, 0.05) is 13.1 Å². The number of nitrogens with one attached hydrogen (secondary N) is 1. The van der Waals surface area contributed by atoms with Gasteiger partial charge in [-0.25, -0.2) is 13.2 Å². The summed E-state index contributed by atoms with van der Waals surface area (Å²) in [6.45, 7) is 2.04. The van der Waals surface area contributed by atoms with Crippen LogP contribution in [0.15, 0.2) is 95.9 Å². The van der Waals surface area contributed by atoms with E-state index >= 15 is 0 Å². The summed E-state index contributed by atoms with van der Waals surface area (Å²) in [4.78, 5) is 12.7. The first kappa shape index (κ1) is 26.4. The number of nitrogens with zero attached hydrogens (tertiary/aromatic N) is 1. The van der Waals surface area contributed by atoms with Crippen molar-refractivity contribution in [1.82, 2.24) is 9.62 Å². The number of amides is 1. The van der Waals surface area contributed by atoms with Crippen molar-refractivity contribution in [3.8, 4) is 0 Å². The number of carbonyl (C=O) groups excluding carboxylic acids is 1. The van der Waals surface area contributed by atoms with Gasteiger partial charge in [0.1, 0.15) is 6.61 Å². The molecule has 0 aromatic heterocycles. The Morgan fingerprint density at radius 3 is 2.03 bits per heavy atom. The van der Waals surface area contributed by atoms with Crippen molar-refractivity contribution < 1.29 is 23.1 Å². The van der Waals surface area contributed by atoms with Crippen molar-refractivity contribution in [2.24, 2.45) is 0 Å². The molecule has 0 saturated heterocycles. The smallest absolute Gasteiger partial charge is 0.407 e. The van der Waals surface area contributed by atoms with Crippen molar-refractivity contribution in [3.05, 3.63) is 102 Å². The summed E-state index contributed by atoms with van der Waals surface area (Å²) in [5, 5.41) is 13.9. The number of ether oxygens (including phenoxy) is 1. The fraction of sp³-hybridized carbons (Fsp3) is 0.296. The lowest BCUT2D eigenvalue weighted by molar-refractivity contribution is 0.0889. The molecule has 2 atom stereocenters.